The minimum absolute atomic E-state index is 0.0406. The normalized spacial score (nSPS) is 17.1. The number of carbonyl (C=O) groups excluding carboxylic acids is 2. The molecule has 0 bridgehead atoms. The lowest BCUT2D eigenvalue weighted by Crippen LogP contribution is -3.11. The number of fused-ring (bicyclic) bond motifs is 1. The van der Waals surface area contributed by atoms with Crippen molar-refractivity contribution in [2.75, 3.05) is 44.0 Å². The zero-order chi connectivity index (χ0) is 20.8. The third-order valence-electron chi connectivity index (χ3n) is 4.81. The number of quaternary nitrogens is 1. The van der Waals surface area contributed by atoms with Gasteiger partial charge in [-0.05, 0) is 30.7 Å². The molecule has 1 unspecified atom stereocenters. The van der Waals surface area contributed by atoms with Gasteiger partial charge in [-0.3, -0.25) is 9.59 Å². The monoisotopic (exact) mass is 414 g/mol. The van der Waals surface area contributed by atoms with Crippen molar-refractivity contribution in [3.8, 4) is 5.75 Å². The summed E-state index contributed by atoms with van der Waals surface area (Å²) in [6.45, 7) is 3.37. The average Bonchev–Trinajstić information content (AvgIpc) is 2.86. The second-order valence-electron chi connectivity index (χ2n) is 7.32. The third kappa shape index (κ3) is 5.74. The first-order chi connectivity index (χ1) is 14.0. The number of likely N-dealkylation sites (N-methyl/N-ethyl adjacent to an activating group) is 1. The molecule has 0 aromatic heterocycles. The van der Waals surface area contributed by atoms with Gasteiger partial charge in [-0.1, -0.05) is 25.1 Å². The Morgan fingerprint density at radius 2 is 2.00 bits per heavy atom. The molecule has 0 spiro atoms. The predicted molar refractivity (Wildman–Crippen MR) is 117 cm³/mol. The standard InChI is InChI=1S/C22H27N3O3S/c1-16-11-12-25(19-9-4-5-10-20(19)29-16)22(27)15-24(2)14-21(26)23-17-7-6-8-18(13-17)28-3/h4-10,13,16H,11-12,14-15H2,1-3H3,(H,23,26)/p+1/t16-/m1/s1. The molecule has 1 aliphatic rings. The second kappa shape index (κ2) is 9.80. The zero-order valence-electron chi connectivity index (χ0n) is 17.1. The highest BCUT2D eigenvalue weighted by atomic mass is 32.2. The molecule has 6 nitrogen and oxygen atoms in total. The molecule has 29 heavy (non-hydrogen) atoms. The smallest absolute Gasteiger partial charge is 0.282 e. The first-order valence-electron chi connectivity index (χ1n) is 9.77. The summed E-state index contributed by atoms with van der Waals surface area (Å²) in [7, 11) is 3.45. The van der Waals surface area contributed by atoms with E-state index in [1.54, 1.807) is 13.2 Å². The molecule has 0 saturated carbocycles. The van der Waals surface area contributed by atoms with Gasteiger partial charge in [0.2, 0.25) is 0 Å². The molecule has 7 heteroatoms. The fraction of sp³-hybridized carbons (Fsp3) is 0.364. The van der Waals surface area contributed by atoms with Crippen LogP contribution in [-0.2, 0) is 9.59 Å². The van der Waals surface area contributed by atoms with E-state index in [0.717, 1.165) is 21.9 Å². The maximum absolute atomic E-state index is 13.0. The lowest BCUT2D eigenvalue weighted by atomic mass is 10.2. The Morgan fingerprint density at radius 3 is 2.79 bits per heavy atom. The molecular weight excluding hydrogens is 386 g/mol. The van der Waals surface area contributed by atoms with Crippen LogP contribution >= 0.6 is 11.8 Å². The highest BCUT2D eigenvalue weighted by Gasteiger charge is 2.26. The summed E-state index contributed by atoms with van der Waals surface area (Å²) in [6.07, 6.45) is 0.945. The molecule has 2 amide bonds. The van der Waals surface area contributed by atoms with E-state index < -0.39 is 0 Å². The van der Waals surface area contributed by atoms with Gasteiger partial charge in [-0.2, -0.15) is 0 Å². The van der Waals surface area contributed by atoms with Crippen LogP contribution in [-0.4, -0.2) is 50.9 Å². The molecule has 2 atom stereocenters. The molecule has 154 valence electrons. The Morgan fingerprint density at radius 1 is 1.21 bits per heavy atom. The van der Waals surface area contributed by atoms with E-state index >= 15 is 0 Å². The number of anilines is 2. The van der Waals surface area contributed by atoms with Crippen molar-refractivity contribution in [1.29, 1.82) is 0 Å². The number of amides is 2. The van der Waals surface area contributed by atoms with Gasteiger partial charge >= 0.3 is 0 Å². The van der Waals surface area contributed by atoms with Crippen molar-refractivity contribution in [3.05, 3.63) is 48.5 Å². The largest absolute Gasteiger partial charge is 0.497 e. The number of nitrogens with zero attached hydrogens (tertiary/aromatic N) is 1. The van der Waals surface area contributed by atoms with Gasteiger partial charge in [0.25, 0.3) is 11.8 Å². The molecule has 0 aliphatic carbocycles. The second-order valence-corrected chi connectivity index (χ2v) is 8.80. The van der Waals surface area contributed by atoms with Gasteiger partial charge < -0.3 is 19.9 Å². The van der Waals surface area contributed by atoms with Crippen molar-refractivity contribution < 1.29 is 19.2 Å². The van der Waals surface area contributed by atoms with Crippen LogP contribution in [0.3, 0.4) is 0 Å². The summed E-state index contributed by atoms with van der Waals surface area (Å²) in [5.74, 6) is 0.591. The predicted octanol–water partition coefficient (Wildman–Crippen LogP) is 2.07. The van der Waals surface area contributed by atoms with Crippen LogP contribution in [0.4, 0.5) is 11.4 Å². The van der Waals surface area contributed by atoms with Crippen molar-refractivity contribution in [2.24, 2.45) is 0 Å². The van der Waals surface area contributed by atoms with Gasteiger partial charge in [0.05, 0.1) is 19.8 Å². The van der Waals surface area contributed by atoms with Gasteiger partial charge in [0.15, 0.2) is 13.1 Å². The zero-order valence-corrected chi connectivity index (χ0v) is 17.9. The van der Waals surface area contributed by atoms with Crippen molar-refractivity contribution in [3.63, 3.8) is 0 Å². The Bertz CT molecular complexity index is 874. The van der Waals surface area contributed by atoms with Gasteiger partial charge in [-0.15, -0.1) is 11.8 Å². The van der Waals surface area contributed by atoms with E-state index in [-0.39, 0.29) is 24.9 Å². The third-order valence-corrected chi connectivity index (χ3v) is 6.05. The van der Waals surface area contributed by atoms with E-state index in [4.69, 9.17) is 4.74 Å². The van der Waals surface area contributed by atoms with Crippen molar-refractivity contribution >= 4 is 35.0 Å². The summed E-state index contributed by atoms with van der Waals surface area (Å²) in [5, 5.41) is 3.33. The fourth-order valence-electron chi connectivity index (χ4n) is 3.34. The van der Waals surface area contributed by atoms with Crippen molar-refractivity contribution in [1.82, 2.24) is 0 Å². The molecule has 2 aromatic carbocycles. The number of benzene rings is 2. The SMILES string of the molecule is COc1cccc(NC(=O)C[NH+](C)CC(=O)N2CC[C@@H](C)Sc3ccccc32)c1. The number of hydrogen-bond acceptors (Lipinski definition) is 4. The maximum Gasteiger partial charge on any atom is 0.282 e. The lowest BCUT2D eigenvalue weighted by molar-refractivity contribution is -0.862. The molecule has 0 radical (unpaired) electrons. The average molecular weight is 415 g/mol. The van der Waals surface area contributed by atoms with E-state index in [9.17, 15) is 9.59 Å². The molecule has 1 heterocycles. The van der Waals surface area contributed by atoms with Crippen LogP contribution in [0.1, 0.15) is 13.3 Å². The van der Waals surface area contributed by atoms with E-state index in [2.05, 4.69) is 18.3 Å². The molecular formula is C22H28N3O3S+. The van der Waals surface area contributed by atoms with Crippen molar-refractivity contribution in [2.45, 2.75) is 23.5 Å². The Kier molecular flexibility index (Phi) is 7.17. The fourth-order valence-corrected chi connectivity index (χ4v) is 4.45. The summed E-state index contributed by atoms with van der Waals surface area (Å²) >= 11 is 1.81. The van der Waals surface area contributed by atoms with Crippen LogP contribution in [0.5, 0.6) is 5.75 Å². The van der Waals surface area contributed by atoms with Gasteiger partial charge in [0, 0.05) is 28.4 Å². The Balaban J connectivity index is 1.59. The highest BCUT2D eigenvalue weighted by Crippen LogP contribution is 2.37. The van der Waals surface area contributed by atoms with E-state index in [1.165, 1.54) is 0 Å². The molecule has 0 fully saturated rings. The molecule has 2 N–H and O–H groups in total. The number of carbonyl (C=O) groups is 2. The van der Waals surface area contributed by atoms with Crippen LogP contribution in [0.15, 0.2) is 53.4 Å². The van der Waals surface area contributed by atoms with Crippen LogP contribution in [0.2, 0.25) is 0 Å². The molecule has 2 aromatic rings. The number of methoxy groups -OCH3 is 1. The maximum atomic E-state index is 13.0. The van der Waals surface area contributed by atoms with Gasteiger partial charge in [-0.25, -0.2) is 0 Å². The summed E-state index contributed by atoms with van der Waals surface area (Å²) < 4.78 is 5.18. The number of thioether (sulfide) groups is 1. The summed E-state index contributed by atoms with van der Waals surface area (Å²) in [6, 6.07) is 15.3. The summed E-state index contributed by atoms with van der Waals surface area (Å²) in [4.78, 5) is 29.2. The van der Waals surface area contributed by atoms with Crippen LogP contribution < -0.4 is 19.9 Å². The van der Waals surface area contributed by atoms with Crippen LogP contribution in [0.25, 0.3) is 0 Å². The molecule has 0 saturated heterocycles. The van der Waals surface area contributed by atoms with E-state index in [0.29, 0.717) is 23.2 Å². The summed E-state index contributed by atoms with van der Waals surface area (Å²) in [5.41, 5.74) is 1.65. The number of rotatable bonds is 6. The number of nitrogens with one attached hydrogen (secondary N) is 2. The van der Waals surface area contributed by atoms with E-state index in [1.807, 2.05) is 60.1 Å². The topological polar surface area (TPSA) is 63.1 Å². The quantitative estimate of drug-likeness (QED) is 0.760. The lowest BCUT2D eigenvalue weighted by Gasteiger charge is -2.24. The number of ether oxygens (including phenoxy) is 1. The first kappa shape index (κ1) is 21.2. The number of hydrogen-bond donors (Lipinski definition) is 2. The molecule has 3 rings (SSSR count). The van der Waals surface area contributed by atoms with Crippen LogP contribution in [0, 0.1) is 0 Å². The number of para-hydroxylation sites is 1. The Labute approximate surface area is 176 Å². The first-order valence-corrected chi connectivity index (χ1v) is 10.7. The minimum Gasteiger partial charge on any atom is -0.497 e. The minimum atomic E-state index is -0.135. The Hall–Kier alpha value is -2.51. The molecule has 1 aliphatic heterocycles. The van der Waals surface area contributed by atoms with Gasteiger partial charge in [0.1, 0.15) is 5.75 Å². The highest BCUT2D eigenvalue weighted by molar-refractivity contribution is 8.00.